The fourth-order valence-electron chi connectivity index (χ4n) is 1.33. The van der Waals surface area contributed by atoms with E-state index in [1.807, 2.05) is 44.6 Å². The van der Waals surface area contributed by atoms with E-state index in [0.717, 1.165) is 16.7 Å². The van der Waals surface area contributed by atoms with E-state index in [1.54, 1.807) is 4.90 Å². The molecule has 0 aliphatic rings. The lowest BCUT2D eigenvalue weighted by atomic mass is 10.3. The molecule has 0 saturated carbocycles. The van der Waals surface area contributed by atoms with E-state index in [9.17, 15) is 4.79 Å². The summed E-state index contributed by atoms with van der Waals surface area (Å²) in [7, 11) is 1.83. The molecule has 0 fully saturated rings. The Bertz CT molecular complexity index is 357. The average Bonchev–Trinajstić information content (AvgIpc) is 2.57. The zero-order chi connectivity index (χ0) is 11.6. The van der Waals surface area contributed by atoms with Gasteiger partial charge in [-0.05, 0) is 42.8 Å². The molecule has 1 amide bonds. The van der Waals surface area contributed by atoms with Crippen molar-refractivity contribution < 1.29 is 4.79 Å². The van der Waals surface area contributed by atoms with Crippen molar-refractivity contribution in [2.75, 3.05) is 7.05 Å². The van der Waals surface area contributed by atoms with E-state index in [-0.39, 0.29) is 11.9 Å². The van der Waals surface area contributed by atoms with Gasteiger partial charge in [0.2, 0.25) is 0 Å². The quantitative estimate of drug-likeness (QED) is 0.831. The van der Waals surface area contributed by atoms with Crippen molar-refractivity contribution >= 4 is 21.8 Å². The molecular weight excluding hydrogens is 256 g/mol. The molecule has 3 nitrogen and oxygen atoms in total. The fourth-order valence-corrected chi connectivity index (χ4v) is 1.79. The van der Waals surface area contributed by atoms with Crippen LogP contribution < -0.4 is 0 Å². The number of nitrogens with zero attached hydrogens (tertiary/aromatic N) is 2. The summed E-state index contributed by atoms with van der Waals surface area (Å²) in [6, 6.07) is 2.08. The summed E-state index contributed by atoms with van der Waals surface area (Å²) in [6.45, 7) is 6.84. The molecule has 15 heavy (non-hydrogen) atoms. The van der Waals surface area contributed by atoms with E-state index < -0.39 is 0 Å². The van der Waals surface area contributed by atoms with Crippen LogP contribution in [0, 0.1) is 0 Å². The molecule has 1 rings (SSSR count). The van der Waals surface area contributed by atoms with Crippen LogP contribution in [0.4, 0.5) is 0 Å². The Labute approximate surface area is 99.2 Å². The van der Waals surface area contributed by atoms with Crippen LogP contribution >= 0.6 is 15.9 Å². The molecular formula is C11H17BrN2O. The number of aryl methyl sites for hydroxylation is 1. The van der Waals surface area contributed by atoms with Crippen molar-refractivity contribution in [3.8, 4) is 0 Å². The molecule has 0 spiro atoms. The normalized spacial score (nSPS) is 10.8. The Morgan fingerprint density at radius 2 is 2.20 bits per heavy atom. The maximum Gasteiger partial charge on any atom is 0.270 e. The molecule has 0 bridgehead atoms. The first-order chi connectivity index (χ1) is 6.97. The minimum absolute atomic E-state index is 0.0672. The van der Waals surface area contributed by atoms with Crippen LogP contribution in [0.3, 0.4) is 0 Å². The summed E-state index contributed by atoms with van der Waals surface area (Å²) in [5, 5.41) is 0. The van der Waals surface area contributed by atoms with Crippen LogP contribution in [-0.2, 0) is 6.54 Å². The predicted octanol–water partition coefficient (Wildman–Crippen LogP) is 2.75. The SMILES string of the molecule is CCn1cc(Br)cc1C(=O)N(C)C(C)C. The lowest BCUT2D eigenvalue weighted by Crippen LogP contribution is -2.34. The maximum atomic E-state index is 12.1. The predicted molar refractivity (Wildman–Crippen MR) is 65.0 cm³/mol. The third-order valence-electron chi connectivity index (χ3n) is 2.52. The number of carbonyl (C=O) groups excluding carboxylic acids is 1. The first-order valence-electron chi connectivity index (χ1n) is 5.10. The van der Waals surface area contributed by atoms with Gasteiger partial charge in [-0.3, -0.25) is 4.79 Å². The highest BCUT2D eigenvalue weighted by Crippen LogP contribution is 2.17. The molecule has 4 heteroatoms. The number of halogens is 1. The zero-order valence-corrected chi connectivity index (χ0v) is 11.2. The van der Waals surface area contributed by atoms with Crippen molar-refractivity contribution in [3.05, 3.63) is 22.4 Å². The van der Waals surface area contributed by atoms with Gasteiger partial charge in [-0.15, -0.1) is 0 Å². The molecule has 0 radical (unpaired) electrons. The highest BCUT2D eigenvalue weighted by Gasteiger charge is 2.18. The monoisotopic (exact) mass is 272 g/mol. The summed E-state index contributed by atoms with van der Waals surface area (Å²) < 4.78 is 2.90. The molecule has 0 N–H and O–H groups in total. The fraction of sp³-hybridized carbons (Fsp3) is 0.545. The second-order valence-electron chi connectivity index (χ2n) is 3.84. The van der Waals surface area contributed by atoms with Crippen LogP contribution in [0.25, 0.3) is 0 Å². The number of rotatable bonds is 3. The van der Waals surface area contributed by atoms with Gasteiger partial charge in [0, 0.05) is 30.3 Å². The lowest BCUT2D eigenvalue weighted by molar-refractivity contribution is 0.0744. The molecule has 84 valence electrons. The first kappa shape index (κ1) is 12.3. The Morgan fingerprint density at radius 1 is 1.60 bits per heavy atom. The maximum absolute atomic E-state index is 12.1. The molecule has 1 heterocycles. The van der Waals surface area contributed by atoms with Gasteiger partial charge in [-0.1, -0.05) is 0 Å². The number of carbonyl (C=O) groups is 1. The number of hydrogen-bond acceptors (Lipinski definition) is 1. The molecule has 0 atom stereocenters. The van der Waals surface area contributed by atoms with Gasteiger partial charge in [0.25, 0.3) is 5.91 Å². The minimum Gasteiger partial charge on any atom is -0.343 e. The van der Waals surface area contributed by atoms with E-state index in [4.69, 9.17) is 0 Å². The van der Waals surface area contributed by atoms with Gasteiger partial charge in [0.15, 0.2) is 0 Å². The van der Waals surface area contributed by atoms with Crippen molar-refractivity contribution in [2.45, 2.75) is 33.4 Å². The number of hydrogen-bond donors (Lipinski definition) is 0. The largest absolute Gasteiger partial charge is 0.343 e. The Hall–Kier alpha value is -0.770. The number of aromatic nitrogens is 1. The van der Waals surface area contributed by atoms with Gasteiger partial charge in [-0.25, -0.2) is 0 Å². The summed E-state index contributed by atoms with van der Waals surface area (Å²) in [5.74, 6) is 0.0672. The highest BCUT2D eigenvalue weighted by molar-refractivity contribution is 9.10. The number of amides is 1. The zero-order valence-electron chi connectivity index (χ0n) is 9.62. The van der Waals surface area contributed by atoms with Crippen LogP contribution in [0.2, 0.25) is 0 Å². The van der Waals surface area contributed by atoms with Gasteiger partial charge >= 0.3 is 0 Å². The average molecular weight is 273 g/mol. The van der Waals surface area contributed by atoms with E-state index in [0.29, 0.717) is 0 Å². The lowest BCUT2D eigenvalue weighted by Gasteiger charge is -2.21. The van der Waals surface area contributed by atoms with Gasteiger partial charge in [0.05, 0.1) is 0 Å². The van der Waals surface area contributed by atoms with Crippen molar-refractivity contribution in [1.82, 2.24) is 9.47 Å². The molecule has 0 aromatic carbocycles. The third-order valence-corrected chi connectivity index (χ3v) is 2.95. The van der Waals surface area contributed by atoms with E-state index in [2.05, 4.69) is 15.9 Å². The smallest absolute Gasteiger partial charge is 0.270 e. The van der Waals surface area contributed by atoms with Gasteiger partial charge in [0.1, 0.15) is 5.69 Å². The first-order valence-corrected chi connectivity index (χ1v) is 5.89. The van der Waals surface area contributed by atoms with Crippen LogP contribution in [0.5, 0.6) is 0 Å². The second-order valence-corrected chi connectivity index (χ2v) is 4.76. The highest BCUT2D eigenvalue weighted by atomic mass is 79.9. The minimum atomic E-state index is 0.0672. The molecule has 1 aromatic heterocycles. The van der Waals surface area contributed by atoms with Crippen LogP contribution in [0.1, 0.15) is 31.3 Å². The molecule has 0 unspecified atom stereocenters. The summed E-state index contributed by atoms with van der Waals surface area (Å²) in [5.41, 5.74) is 0.737. The second kappa shape index (κ2) is 4.84. The summed E-state index contributed by atoms with van der Waals surface area (Å²) >= 11 is 3.39. The van der Waals surface area contributed by atoms with E-state index in [1.165, 1.54) is 0 Å². The summed E-state index contributed by atoms with van der Waals surface area (Å²) in [6.07, 6.45) is 1.93. The van der Waals surface area contributed by atoms with Crippen LogP contribution in [-0.4, -0.2) is 28.5 Å². The van der Waals surface area contributed by atoms with Gasteiger partial charge in [-0.2, -0.15) is 0 Å². The Balaban J connectivity index is 3.00. The molecule has 0 aliphatic carbocycles. The van der Waals surface area contributed by atoms with Crippen molar-refractivity contribution in [2.24, 2.45) is 0 Å². The third kappa shape index (κ3) is 2.62. The van der Waals surface area contributed by atoms with Gasteiger partial charge < -0.3 is 9.47 Å². The molecule has 0 saturated heterocycles. The topological polar surface area (TPSA) is 25.2 Å². The van der Waals surface area contributed by atoms with Crippen molar-refractivity contribution in [3.63, 3.8) is 0 Å². The summed E-state index contributed by atoms with van der Waals surface area (Å²) in [4.78, 5) is 13.8. The standard InChI is InChI=1S/C11H17BrN2O/c1-5-14-7-9(12)6-10(14)11(15)13(4)8(2)3/h6-8H,5H2,1-4H3. The Kier molecular flexibility index (Phi) is 3.97. The van der Waals surface area contributed by atoms with E-state index >= 15 is 0 Å². The van der Waals surface area contributed by atoms with Crippen LogP contribution in [0.15, 0.2) is 16.7 Å². The molecule has 0 aliphatic heterocycles. The molecule has 1 aromatic rings. The van der Waals surface area contributed by atoms with Crippen molar-refractivity contribution in [1.29, 1.82) is 0 Å². The Morgan fingerprint density at radius 3 is 2.67 bits per heavy atom.